The van der Waals surface area contributed by atoms with Gasteiger partial charge < -0.3 is 10.0 Å². The van der Waals surface area contributed by atoms with Crippen LogP contribution >= 0.6 is 0 Å². The van der Waals surface area contributed by atoms with Gasteiger partial charge in [0.25, 0.3) is 0 Å². The van der Waals surface area contributed by atoms with Gasteiger partial charge in [-0.3, -0.25) is 0 Å². The molecule has 0 unspecified atom stereocenters. The Kier molecular flexibility index (Phi) is 3.68. The molecule has 0 aromatic rings. The molecule has 1 aliphatic heterocycles. The predicted octanol–water partition coefficient (Wildman–Crippen LogP) is 2.41. The predicted molar refractivity (Wildman–Crippen MR) is 62.9 cm³/mol. The van der Waals surface area contributed by atoms with Gasteiger partial charge in [-0.2, -0.15) is 0 Å². The van der Waals surface area contributed by atoms with Gasteiger partial charge >= 0.3 is 0 Å². The molecule has 0 amide bonds. The van der Waals surface area contributed by atoms with Crippen LogP contribution in [-0.4, -0.2) is 35.2 Å². The minimum atomic E-state index is -0.334. The quantitative estimate of drug-likeness (QED) is 0.775. The highest BCUT2D eigenvalue weighted by Gasteiger charge is 2.33. The number of hydrogen-bond acceptors (Lipinski definition) is 2. The normalized spacial score (nSPS) is 28.4. The summed E-state index contributed by atoms with van der Waals surface area (Å²) in [5.41, 5.74) is -0.334. The molecule has 1 saturated carbocycles. The maximum atomic E-state index is 10.3. The number of rotatable bonds is 3. The second-order valence-electron chi connectivity index (χ2n) is 5.56. The standard InChI is InChI=1S/C13H25NO/c1-2-12-5-9-14(10-6-12)11-13(15)7-3-4-8-13/h12,15H,2-11H2,1H3. The van der Waals surface area contributed by atoms with Crippen molar-refractivity contribution in [1.29, 1.82) is 0 Å². The molecule has 88 valence electrons. The summed E-state index contributed by atoms with van der Waals surface area (Å²) < 4.78 is 0. The highest BCUT2D eigenvalue weighted by Crippen LogP contribution is 2.31. The van der Waals surface area contributed by atoms with Gasteiger partial charge in [0.05, 0.1) is 5.60 Å². The van der Waals surface area contributed by atoms with Gasteiger partial charge in [-0.15, -0.1) is 0 Å². The van der Waals surface area contributed by atoms with E-state index >= 15 is 0 Å². The van der Waals surface area contributed by atoms with Crippen LogP contribution in [0.4, 0.5) is 0 Å². The van der Waals surface area contributed by atoms with Crippen LogP contribution in [0.2, 0.25) is 0 Å². The van der Waals surface area contributed by atoms with Crippen molar-refractivity contribution in [3.8, 4) is 0 Å². The smallest absolute Gasteiger partial charge is 0.0774 e. The van der Waals surface area contributed by atoms with E-state index in [0.717, 1.165) is 25.3 Å². The highest BCUT2D eigenvalue weighted by atomic mass is 16.3. The molecule has 1 saturated heterocycles. The van der Waals surface area contributed by atoms with Crippen molar-refractivity contribution >= 4 is 0 Å². The Balaban J connectivity index is 1.76. The molecule has 0 aromatic heterocycles. The highest BCUT2D eigenvalue weighted by molar-refractivity contribution is 4.88. The molecule has 1 aliphatic carbocycles. The number of nitrogens with zero attached hydrogens (tertiary/aromatic N) is 1. The molecule has 2 heteroatoms. The first kappa shape index (κ1) is 11.4. The molecule has 1 N–H and O–H groups in total. The fourth-order valence-electron chi connectivity index (χ4n) is 3.16. The topological polar surface area (TPSA) is 23.5 Å². The third-order valence-electron chi connectivity index (χ3n) is 4.34. The lowest BCUT2D eigenvalue weighted by molar-refractivity contribution is 0.0000312. The molecule has 2 fully saturated rings. The van der Waals surface area contributed by atoms with Gasteiger partial charge in [-0.05, 0) is 44.7 Å². The van der Waals surface area contributed by atoms with E-state index in [4.69, 9.17) is 0 Å². The Labute approximate surface area is 93.7 Å². The lowest BCUT2D eigenvalue weighted by Crippen LogP contribution is -2.44. The van der Waals surface area contributed by atoms with E-state index in [-0.39, 0.29) is 5.60 Å². The van der Waals surface area contributed by atoms with Crippen molar-refractivity contribution in [1.82, 2.24) is 4.90 Å². The van der Waals surface area contributed by atoms with Gasteiger partial charge in [0.15, 0.2) is 0 Å². The average Bonchev–Trinajstić information content (AvgIpc) is 2.66. The summed E-state index contributed by atoms with van der Waals surface area (Å²) in [6.45, 7) is 5.65. The molecule has 0 aromatic carbocycles. The van der Waals surface area contributed by atoms with Crippen LogP contribution in [0.15, 0.2) is 0 Å². The number of β-amino-alcohol motifs (C(OH)–C–C–N with tert-alkyl or cyclic N) is 1. The second-order valence-corrected chi connectivity index (χ2v) is 5.56. The lowest BCUT2D eigenvalue weighted by atomic mass is 9.93. The van der Waals surface area contributed by atoms with Gasteiger partial charge in [-0.1, -0.05) is 26.2 Å². The fraction of sp³-hybridized carbons (Fsp3) is 1.00. The van der Waals surface area contributed by atoms with Crippen LogP contribution in [0.25, 0.3) is 0 Å². The van der Waals surface area contributed by atoms with Crippen molar-refractivity contribution in [2.75, 3.05) is 19.6 Å². The Morgan fingerprint density at radius 1 is 1.20 bits per heavy atom. The molecular weight excluding hydrogens is 186 g/mol. The van der Waals surface area contributed by atoms with Gasteiger partial charge in [0.2, 0.25) is 0 Å². The Hall–Kier alpha value is -0.0800. The summed E-state index contributed by atoms with van der Waals surface area (Å²) >= 11 is 0. The molecule has 2 rings (SSSR count). The van der Waals surface area contributed by atoms with Crippen LogP contribution < -0.4 is 0 Å². The first-order valence-corrected chi connectivity index (χ1v) is 6.66. The lowest BCUT2D eigenvalue weighted by Gasteiger charge is -2.36. The van der Waals surface area contributed by atoms with Crippen molar-refractivity contribution in [3.05, 3.63) is 0 Å². The van der Waals surface area contributed by atoms with Crippen molar-refractivity contribution in [2.24, 2.45) is 5.92 Å². The van der Waals surface area contributed by atoms with Crippen LogP contribution in [0.1, 0.15) is 51.9 Å². The van der Waals surface area contributed by atoms with Crippen molar-refractivity contribution < 1.29 is 5.11 Å². The number of hydrogen-bond donors (Lipinski definition) is 1. The number of aliphatic hydroxyl groups is 1. The zero-order valence-electron chi connectivity index (χ0n) is 10.0. The molecule has 1 heterocycles. The second kappa shape index (κ2) is 4.84. The van der Waals surface area contributed by atoms with Crippen LogP contribution in [0.5, 0.6) is 0 Å². The molecular formula is C13H25NO. The SMILES string of the molecule is CCC1CCN(CC2(O)CCCC2)CC1. The first-order chi connectivity index (χ1) is 7.22. The van der Waals surface area contributed by atoms with Crippen LogP contribution in [0, 0.1) is 5.92 Å². The number of piperidine rings is 1. The summed E-state index contributed by atoms with van der Waals surface area (Å²) in [7, 11) is 0. The maximum absolute atomic E-state index is 10.3. The maximum Gasteiger partial charge on any atom is 0.0774 e. The van der Waals surface area contributed by atoms with Gasteiger partial charge in [-0.25, -0.2) is 0 Å². The Morgan fingerprint density at radius 3 is 2.33 bits per heavy atom. The largest absolute Gasteiger partial charge is 0.389 e. The summed E-state index contributed by atoms with van der Waals surface area (Å²) in [6.07, 6.45) is 8.52. The molecule has 0 radical (unpaired) electrons. The fourth-order valence-corrected chi connectivity index (χ4v) is 3.16. The van der Waals surface area contributed by atoms with Gasteiger partial charge in [0, 0.05) is 6.54 Å². The van der Waals surface area contributed by atoms with Crippen molar-refractivity contribution in [2.45, 2.75) is 57.5 Å². The van der Waals surface area contributed by atoms with Crippen LogP contribution in [0.3, 0.4) is 0 Å². The average molecular weight is 211 g/mol. The summed E-state index contributed by atoms with van der Waals surface area (Å²) in [5.74, 6) is 0.944. The van der Waals surface area contributed by atoms with Gasteiger partial charge in [0.1, 0.15) is 0 Å². The van der Waals surface area contributed by atoms with E-state index in [0.29, 0.717) is 0 Å². The molecule has 0 spiro atoms. The Bertz CT molecular complexity index is 191. The summed E-state index contributed by atoms with van der Waals surface area (Å²) in [6, 6.07) is 0. The monoisotopic (exact) mass is 211 g/mol. The van der Waals surface area contributed by atoms with E-state index in [9.17, 15) is 5.11 Å². The molecule has 0 atom stereocenters. The first-order valence-electron chi connectivity index (χ1n) is 6.66. The minimum Gasteiger partial charge on any atom is -0.389 e. The Morgan fingerprint density at radius 2 is 1.80 bits per heavy atom. The van der Waals surface area contributed by atoms with E-state index in [1.807, 2.05) is 0 Å². The third-order valence-corrected chi connectivity index (χ3v) is 4.34. The zero-order chi connectivity index (χ0) is 10.7. The summed E-state index contributed by atoms with van der Waals surface area (Å²) in [4.78, 5) is 2.48. The van der Waals surface area contributed by atoms with Crippen molar-refractivity contribution in [3.63, 3.8) is 0 Å². The zero-order valence-corrected chi connectivity index (χ0v) is 10.0. The van der Waals surface area contributed by atoms with E-state index in [1.165, 1.54) is 45.2 Å². The molecule has 0 bridgehead atoms. The van der Waals surface area contributed by atoms with E-state index < -0.39 is 0 Å². The molecule has 2 aliphatic rings. The van der Waals surface area contributed by atoms with Crippen LogP contribution in [-0.2, 0) is 0 Å². The van der Waals surface area contributed by atoms with E-state index in [1.54, 1.807) is 0 Å². The third kappa shape index (κ3) is 2.94. The van der Waals surface area contributed by atoms with E-state index in [2.05, 4.69) is 11.8 Å². The number of likely N-dealkylation sites (tertiary alicyclic amines) is 1. The summed E-state index contributed by atoms with van der Waals surface area (Å²) in [5, 5.41) is 10.3. The molecule has 15 heavy (non-hydrogen) atoms. The molecule has 2 nitrogen and oxygen atoms in total. The minimum absolute atomic E-state index is 0.334.